The number of aliphatic hydroxyl groups excluding tert-OH is 1. The van der Waals surface area contributed by atoms with Gasteiger partial charge in [-0.05, 0) is 30.9 Å². The van der Waals surface area contributed by atoms with E-state index in [1.54, 1.807) is 0 Å². The second kappa shape index (κ2) is 5.14. The van der Waals surface area contributed by atoms with Gasteiger partial charge in [-0.1, -0.05) is 32.0 Å². The maximum atomic E-state index is 10.6. The van der Waals surface area contributed by atoms with Crippen molar-refractivity contribution in [3.8, 4) is 5.75 Å². The molecule has 104 valence electrons. The van der Waals surface area contributed by atoms with E-state index < -0.39 is 6.10 Å². The van der Waals surface area contributed by atoms with Crippen molar-refractivity contribution >= 4 is 0 Å². The predicted molar refractivity (Wildman–Crippen MR) is 75.2 cm³/mol. The number of fused-ring (bicyclic) bond motifs is 1. The summed E-state index contributed by atoms with van der Waals surface area (Å²) in [5.41, 5.74) is 0.937. The summed E-state index contributed by atoms with van der Waals surface area (Å²) in [5.74, 6) is 2.31. The molecule has 3 rings (SSSR count). The quantitative estimate of drug-likeness (QED) is 0.887. The molecular formula is C16H23NO2. The highest BCUT2D eigenvalue weighted by atomic mass is 16.5. The number of likely N-dealkylation sites (tertiary alicyclic amines) is 1. The minimum absolute atomic E-state index is 0.110. The second-order valence-corrected chi connectivity index (χ2v) is 6.15. The average molecular weight is 261 g/mol. The first-order chi connectivity index (χ1) is 9.16. The molecule has 0 saturated carbocycles. The van der Waals surface area contributed by atoms with Crippen molar-refractivity contribution in [1.82, 2.24) is 4.90 Å². The van der Waals surface area contributed by atoms with Gasteiger partial charge in [0.25, 0.3) is 0 Å². The maximum Gasteiger partial charge on any atom is 0.125 e. The molecule has 0 aromatic heterocycles. The van der Waals surface area contributed by atoms with E-state index in [9.17, 15) is 5.11 Å². The van der Waals surface area contributed by atoms with Crippen LogP contribution in [-0.2, 0) is 0 Å². The summed E-state index contributed by atoms with van der Waals surface area (Å²) in [6.07, 6.45) is 0.818. The predicted octanol–water partition coefficient (Wildman–Crippen LogP) is 2.46. The molecule has 1 aromatic rings. The van der Waals surface area contributed by atoms with E-state index in [-0.39, 0.29) is 6.04 Å². The number of benzene rings is 1. The van der Waals surface area contributed by atoms with Crippen molar-refractivity contribution < 1.29 is 9.84 Å². The lowest BCUT2D eigenvalue weighted by Crippen LogP contribution is -2.45. The van der Waals surface area contributed by atoms with Crippen LogP contribution in [0.4, 0.5) is 0 Å². The number of aliphatic hydroxyl groups is 1. The van der Waals surface area contributed by atoms with E-state index in [0.717, 1.165) is 36.2 Å². The molecule has 1 N–H and O–H groups in total. The smallest absolute Gasteiger partial charge is 0.125 e. The molecule has 3 unspecified atom stereocenters. The number of hydrogen-bond donors (Lipinski definition) is 1. The van der Waals surface area contributed by atoms with Crippen LogP contribution in [0.3, 0.4) is 0 Å². The third kappa shape index (κ3) is 2.37. The van der Waals surface area contributed by atoms with Crippen molar-refractivity contribution in [2.45, 2.75) is 32.4 Å². The monoisotopic (exact) mass is 261 g/mol. The summed E-state index contributed by atoms with van der Waals surface area (Å²) in [5, 5.41) is 10.6. The lowest BCUT2D eigenvalue weighted by molar-refractivity contribution is 0.0116. The molecule has 1 fully saturated rings. The van der Waals surface area contributed by atoms with Crippen molar-refractivity contribution in [3.05, 3.63) is 29.8 Å². The van der Waals surface area contributed by atoms with Crippen LogP contribution < -0.4 is 4.74 Å². The van der Waals surface area contributed by atoms with Gasteiger partial charge in [0, 0.05) is 12.1 Å². The number of ether oxygens (including phenoxy) is 1. The standard InChI is InChI=1S/C16H23NO2/c1-11(2)12-7-8-17(9-12)14-10-19-15-6-4-3-5-13(15)16(14)18/h3-6,11-12,14,16,18H,7-10H2,1-2H3. The van der Waals surface area contributed by atoms with Gasteiger partial charge >= 0.3 is 0 Å². The van der Waals surface area contributed by atoms with Crippen molar-refractivity contribution in [1.29, 1.82) is 0 Å². The third-order valence-electron chi connectivity index (χ3n) is 4.68. The Bertz CT molecular complexity index is 446. The number of rotatable bonds is 2. The van der Waals surface area contributed by atoms with Crippen molar-refractivity contribution in [2.75, 3.05) is 19.7 Å². The van der Waals surface area contributed by atoms with E-state index in [1.165, 1.54) is 6.42 Å². The zero-order valence-electron chi connectivity index (χ0n) is 11.7. The van der Waals surface area contributed by atoms with Crippen LogP contribution in [-0.4, -0.2) is 35.7 Å². The number of hydrogen-bond acceptors (Lipinski definition) is 3. The molecular weight excluding hydrogens is 238 g/mol. The van der Waals surface area contributed by atoms with E-state index in [0.29, 0.717) is 6.61 Å². The summed E-state index contributed by atoms with van der Waals surface area (Å²) in [7, 11) is 0. The van der Waals surface area contributed by atoms with Crippen LogP contribution in [0.2, 0.25) is 0 Å². The van der Waals surface area contributed by atoms with Crippen LogP contribution in [0.25, 0.3) is 0 Å². The molecule has 0 spiro atoms. The topological polar surface area (TPSA) is 32.7 Å². The first kappa shape index (κ1) is 12.9. The van der Waals surface area contributed by atoms with Crippen LogP contribution in [0.15, 0.2) is 24.3 Å². The van der Waals surface area contributed by atoms with Gasteiger partial charge in [-0.3, -0.25) is 4.90 Å². The van der Waals surface area contributed by atoms with E-state index in [2.05, 4.69) is 18.7 Å². The summed E-state index contributed by atoms with van der Waals surface area (Å²) < 4.78 is 5.81. The fourth-order valence-corrected chi connectivity index (χ4v) is 3.30. The first-order valence-electron chi connectivity index (χ1n) is 7.30. The summed E-state index contributed by atoms with van der Waals surface area (Å²) in [6.45, 7) is 7.35. The Hall–Kier alpha value is -1.06. The number of para-hydroxylation sites is 1. The molecule has 2 heterocycles. The Balaban J connectivity index is 1.74. The van der Waals surface area contributed by atoms with Crippen molar-refractivity contribution in [2.24, 2.45) is 11.8 Å². The molecule has 3 atom stereocenters. The molecule has 3 heteroatoms. The molecule has 0 bridgehead atoms. The van der Waals surface area contributed by atoms with Gasteiger partial charge in [-0.15, -0.1) is 0 Å². The molecule has 3 nitrogen and oxygen atoms in total. The highest BCUT2D eigenvalue weighted by molar-refractivity contribution is 5.37. The molecule has 1 aromatic carbocycles. The normalized spacial score (nSPS) is 31.3. The Labute approximate surface area is 115 Å². The Morgan fingerprint density at radius 2 is 2.11 bits per heavy atom. The van der Waals surface area contributed by atoms with Gasteiger partial charge < -0.3 is 9.84 Å². The van der Waals surface area contributed by atoms with E-state index in [4.69, 9.17) is 4.74 Å². The van der Waals surface area contributed by atoms with E-state index >= 15 is 0 Å². The zero-order chi connectivity index (χ0) is 13.4. The van der Waals surface area contributed by atoms with Crippen molar-refractivity contribution in [3.63, 3.8) is 0 Å². The van der Waals surface area contributed by atoms with Gasteiger partial charge in [0.05, 0.1) is 6.04 Å². The Morgan fingerprint density at radius 1 is 1.32 bits per heavy atom. The SMILES string of the molecule is CC(C)C1CCN(C2COc3ccccc3C2O)C1. The molecule has 19 heavy (non-hydrogen) atoms. The minimum atomic E-state index is -0.420. The van der Waals surface area contributed by atoms with Gasteiger partial charge in [-0.2, -0.15) is 0 Å². The van der Waals surface area contributed by atoms with Crippen LogP contribution in [0.5, 0.6) is 5.75 Å². The maximum absolute atomic E-state index is 10.6. The van der Waals surface area contributed by atoms with Gasteiger partial charge in [-0.25, -0.2) is 0 Å². The summed E-state index contributed by atoms with van der Waals surface area (Å²) in [4.78, 5) is 2.41. The lowest BCUT2D eigenvalue weighted by Gasteiger charge is -2.36. The zero-order valence-corrected chi connectivity index (χ0v) is 11.7. The molecule has 0 radical (unpaired) electrons. The summed E-state index contributed by atoms with van der Waals surface area (Å²) in [6, 6.07) is 7.95. The Morgan fingerprint density at radius 3 is 2.84 bits per heavy atom. The minimum Gasteiger partial charge on any atom is -0.491 e. The fraction of sp³-hybridized carbons (Fsp3) is 0.625. The largest absolute Gasteiger partial charge is 0.491 e. The lowest BCUT2D eigenvalue weighted by atomic mass is 9.95. The Kier molecular flexibility index (Phi) is 3.50. The first-order valence-corrected chi connectivity index (χ1v) is 7.30. The molecule has 2 aliphatic rings. The van der Waals surface area contributed by atoms with Crippen LogP contribution in [0.1, 0.15) is 31.9 Å². The van der Waals surface area contributed by atoms with Gasteiger partial charge in [0.2, 0.25) is 0 Å². The van der Waals surface area contributed by atoms with Gasteiger partial charge in [0.15, 0.2) is 0 Å². The number of nitrogens with zero attached hydrogens (tertiary/aromatic N) is 1. The highest BCUT2D eigenvalue weighted by Crippen LogP contribution is 2.36. The van der Waals surface area contributed by atoms with E-state index in [1.807, 2.05) is 24.3 Å². The molecule has 2 aliphatic heterocycles. The summed E-state index contributed by atoms with van der Waals surface area (Å²) >= 11 is 0. The van der Waals surface area contributed by atoms with Gasteiger partial charge in [0.1, 0.15) is 18.5 Å². The van der Waals surface area contributed by atoms with Crippen LogP contribution in [0, 0.1) is 11.8 Å². The molecule has 0 amide bonds. The third-order valence-corrected chi connectivity index (χ3v) is 4.68. The van der Waals surface area contributed by atoms with Crippen LogP contribution >= 0.6 is 0 Å². The second-order valence-electron chi connectivity index (χ2n) is 6.15. The molecule has 0 aliphatic carbocycles. The average Bonchev–Trinajstić information content (AvgIpc) is 2.89. The molecule has 1 saturated heterocycles. The highest BCUT2D eigenvalue weighted by Gasteiger charge is 2.37. The fourth-order valence-electron chi connectivity index (χ4n) is 3.30.